The van der Waals surface area contributed by atoms with Gasteiger partial charge in [-0.15, -0.1) is 0 Å². The number of hydrogen-bond acceptors (Lipinski definition) is 6. The van der Waals surface area contributed by atoms with Gasteiger partial charge in [0.1, 0.15) is 18.7 Å². The molecule has 0 atom stereocenters. The summed E-state index contributed by atoms with van der Waals surface area (Å²) in [7, 11) is 1.51. The third-order valence-corrected chi connectivity index (χ3v) is 3.73. The van der Waals surface area contributed by atoms with Gasteiger partial charge in [-0.2, -0.15) is 10.4 Å². The number of para-hydroxylation sites is 2. The minimum absolute atomic E-state index is 0.0703. The van der Waals surface area contributed by atoms with Crippen LogP contribution in [0, 0.1) is 11.3 Å². The maximum absolute atomic E-state index is 12.3. The van der Waals surface area contributed by atoms with E-state index in [1.54, 1.807) is 41.4 Å². The summed E-state index contributed by atoms with van der Waals surface area (Å²) >= 11 is 0. The number of methoxy groups -OCH3 is 1. The molecule has 1 amide bonds. The predicted octanol–water partition coefficient (Wildman–Crippen LogP) is 2.83. The van der Waals surface area contributed by atoms with Crippen molar-refractivity contribution in [1.29, 1.82) is 5.26 Å². The van der Waals surface area contributed by atoms with E-state index in [0.29, 0.717) is 22.9 Å². The lowest BCUT2D eigenvalue weighted by molar-refractivity contribution is -0.111. The van der Waals surface area contributed by atoms with Gasteiger partial charge in [0.15, 0.2) is 18.1 Å². The molecular weight excluding hydrogens is 358 g/mol. The average molecular weight is 375 g/mol. The Kier molecular flexibility index (Phi) is 6.00. The molecule has 0 aliphatic rings. The Morgan fingerprint density at radius 3 is 2.89 bits per heavy atom. The Bertz CT molecular complexity index is 1020. The number of nitrogens with one attached hydrogen (secondary N) is 1. The third-order valence-electron chi connectivity index (χ3n) is 3.73. The minimum Gasteiger partial charge on any atom is -0.493 e. The van der Waals surface area contributed by atoms with Crippen molar-refractivity contribution in [2.45, 2.75) is 0 Å². The molecule has 1 N–H and O–H groups in total. The number of nitrogens with zero attached hydrogens (tertiary/aromatic N) is 4. The van der Waals surface area contributed by atoms with Crippen molar-refractivity contribution in [1.82, 2.24) is 14.8 Å². The first-order valence-corrected chi connectivity index (χ1v) is 8.32. The van der Waals surface area contributed by atoms with Crippen molar-refractivity contribution in [2.75, 3.05) is 19.0 Å². The number of hydrogen-bond donors (Lipinski definition) is 1. The lowest BCUT2D eigenvalue weighted by Crippen LogP contribution is -2.10. The summed E-state index contributed by atoms with van der Waals surface area (Å²) < 4.78 is 12.1. The predicted molar refractivity (Wildman–Crippen MR) is 103 cm³/mol. The van der Waals surface area contributed by atoms with Crippen LogP contribution in [-0.2, 0) is 4.79 Å². The minimum atomic E-state index is -0.295. The molecule has 1 heterocycles. The molecule has 0 saturated carbocycles. The van der Waals surface area contributed by atoms with Crippen molar-refractivity contribution in [3.8, 4) is 23.3 Å². The van der Waals surface area contributed by atoms with Crippen LogP contribution in [0.25, 0.3) is 11.8 Å². The highest BCUT2D eigenvalue weighted by molar-refractivity contribution is 6.03. The molecule has 3 rings (SSSR count). The zero-order valence-corrected chi connectivity index (χ0v) is 15.1. The first kappa shape index (κ1) is 18.7. The van der Waals surface area contributed by atoms with Crippen LogP contribution in [0.2, 0.25) is 0 Å². The van der Waals surface area contributed by atoms with Crippen LogP contribution >= 0.6 is 0 Å². The standard InChI is InChI=1S/C20H17N5O3/c1-27-19-12-15(6-8-18(19)28-11-10-21)7-9-20(26)24-16-4-2-3-5-17(16)25-14-22-13-23-25/h2-9,12-14H,11H2,1H3,(H,24,26). The Labute approximate surface area is 161 Å². The van der Waals surface area contributed by atoms with Gasteiger partial charge in [-0.05, 0) is 35.9 Å². The van der Waals surface area contributed by atoms with Crippen LogP contribution < -0.4 is 14.8 Å². The summed E-state index contributed by atoms with van der Waals surface area (Å²) in [5.41, 5.74) is 2.07. The lowest BCUT2D eigenvalue weighted by Gasteiger charge is -2.09. The highest BCUT2D eigenvalue weighted by atomic mass is 16.5. The summed E-state index contributed by atoms with van der Waals surface area (Å²) in [4.78, 5) is 16.3. The van der Waals surface area contributed by atoms with E-state index in [0.717, 1.165) is 5.56 Å². The molecule has 140 valence electrons. The number of amides is 1. The number of anilines is 1. The van der Waals surface area contributed by atoms with Gasteiger partial charge in [0.2, 0.25) is 5.91 Å². The van der Waals surface area contributed by atoms with Gasteiger partial charge >= 0.3 is 0 Å². The molecular formula is C20H17N5O3. The SMILES string of the molecule is COc1cc(C=CC(=O)Nc2ccccc2-n2cncn2)ccc1OCC#N. The number of nitriles is 1. The fourth-order valence-corrected chi connectivity index (χ4v) is 2.48. The molecule has 0 bridgehead atoms. The normalized spacial score (nSPS) is 10.4. The van der Waals surface area contributed by atoms with Crippen molar-refractivity contribution in [3.05, 3.63) is 66.8 Å². The van der Waals surface area contributed by atoms with E-state index in [-0.39, 0.29) is 12.5 Å². The number of aromatic nitrogens is 3. The molecule has 8 nitrogen and oxygen atoms in total. The zero-order chi connectivity index (χ0) is 19.8. The molecule has 2 aromatic carbocycles. The summed E-state index contributed by atoms with van der Waals surface area (Å²) in [5.74, 6) is 0.651. The van der Waals surface area contributed by atoms with Gasteiger partial charge in [-0.25, -0.2) is 9.67 Å². The Morgan fingerprint density at radius 1 is 1.29 bits per heavy atom. The van der Waals surface area contributed by atoms with Crippen LogP contribution in [0.1, 0.15) is 5.56 Å². The van der Waals surface area contributed by atoms with E-state index in [2.05, 4.69) is 15.4 Å². The number of ether oxygens (including phenoxy) is 2. The Hall–Kier alpha value is -4.12. The molecule has 28 heavy (non-hydrogen) atoms. The summed E-state index contributed by atoms with van der Waals surface area (Å²) in [6.45, 7) is -0.0703. The van der Waals surface area contributed by atoms with E-state index in [9.17, 15) is 4.79 Å². The molecule has 3 aromatic rings. The largest absolute Gasteiger partial charge is 0.493 e. The van der Waals surface area contributed by atoms with Gasteiger partial charge < -0.3 is 14.8 Å². The van der Waals surface area contributed by atoms with Crippen LogP contribution in [0.3, 0.4) is 0 Å². The molecule has 0 aliphatic heterocycles. The summed E-state index contributed by atoms with van der Waals surface area (Å²) in [6.07, 6.45) is 6.06. The van der Waals surface area contributed by atoms with E-state index in [1.165, 1.54) is 19.5 Å². The van der Waals surface area contributed by atoms with Crippen LogP contribution in [-0.4, -0.2) is 34.4 Å². The smallest absolute Gasteiger partial charge is 0.248 e. The van der Waals surface area contributed by atoms with E-state index in [4.69, 9.17) is 14.7 Å². The van der Waals surface area contributed by atoms with Crippen molar-refractivity contribution < 1.29 is 14.3 Å². The van der Waals surface area contributed by atoms with E-state index >= 15 is 0 Å². The second-order valence-corrected chi connectivity index (χ2v) is 5.54. The first-order valence-electron chi connectivity index (χ1n) is 8.32. The molecule has 0 saturated heterocycles. The first-order chi connectivity index (χ1) is 13.7. The number of carbonyl (C=O) groups excluding carboxylic acids is 1. The Morgan fingerprint density at radius 2 is 2.14 bits per heavy atom. The summed E-state index contributed by atoms with van der Waals surface area (Å²) in [5, 5.41) is 15.5. The maximum Gasteiger partial charge on any atom is 0.248 e. The van der Waals surface area contributed by atoms with Crippen LogP contribution in [0.15, 0.2) is 61.2 Å². The molecule has 8 heteroatoms. The number of rotatable bonds is 7. The average Bonchev–Trinajstić information content (AvgIpc) is 3.26. The van der Waals surface area contributed by atoms with Crippen LogP contribution in [0.4, 0.5) is 5.69 Å². The van der Waals surface area contributed by atoms with E-state index in [1.807, 2.05) is 24.3 Å². The van der Waals surface area contributed by atoms with Crippen LogP contribution in [0.5, 0.6) is 11.5 Å². The molecule has 0 radical (unpaired) electrons. The van der Waals surface area contributed by atoms with Gasteiger partial charge in [0, 0.05) is 6.08 Å². The quantitative estimate of drug-likeness (QED) is 0.637. The molecule has 0 aliphatic carbocycles. The molecule has 0 unspecified atom stereocenters. The lowest BCUT2D eigenvalue weighted by atomic mass is 10.2. The highest BCUT2D eigenvalue weighted by Gasteiger charge is 2.08. The molecule has 0 fully saturated rings. The molecule has 0 spiro atoms. The van der Waals surface area contributed by atoms with Crippen molar-refractivity contribution in [3.63, 3.8) is 0 Å². The van der Waals surface area contributed by atoms with Gasteiger partial charge in [0.25, 0.3) is 0 Å². The fraction of sp³-hybridized carbons (Fsp3) is 0.100. The summed E-state index contributed by atoms with van der Waals surface area (Å²) in [6, 6.07) is 14.4. The van der Waals surface area contributed by atoms with Crippen molar-refractivity contribution >= 4 is 17.7 Å². The van der Waals surface area contributed by atoms with Gasteiger partial charge in [0.05, 0.1) is 18.5 Å². The second kappa shape index (κ2) is 9.00. The third kappa shape index (κ3) is 4.53. The Balaban J connectivity index is 1.72. The topological polar surface area (TPSA) is 102 Å². The number of benzene rings is 2. The van der Waals surface area contributed by atoms with E-state index < -0.39 is 0 Å². The van der Waals surface area contributed by atoms with Gasteiger partial charge in [-0.1, -0.05) is 18.2 Å². The zero-order valence-electron chi connectivity index (χ0n) is 15.1. The number of carbonyl (C=O) groups is 1. The highest BCUT2D eigenvalue weighted by Crippen LogP contribution is 2.28. The van der Waals surface area contributed by atoms with Crippen molar-refractivity contribution in [2.24, 2.45) is 0 Å². The fourth-order valence-electron chi connectivity index (χ4n) is 2.48. The molecule has 1 aromatic heterocycles. The monoisotopic (exact) mass is 375 g/mol. The van der Waals surface area contributed by atoms with Gasteiger partial charge in [-0.3, -0.25) is 4.79 Å². The second-order valence-electron chi connectivity index (χ2n) is 5.54. The maximum atomic E-state index is 12.3.